The van der Waals surface area contributed by atoms with E-state index < -0.39 is 4.92 Å². The van der Waals surface area contributed by atoms with Crippen LogP contribution in [0.1, 0.15) is 23.3 Å². The summed E-state index contributed by atoms with van der Waals surface area (Å²) in [5.74, 6) is 0.489. The van der Waals surface area contributed by atoms with E-state index >= 15 is 0 Å². The Morgan fingerprint density at radius 2 is 2.00 bits per heavy atom. The van der Waals surface area contributed by atoms with Crippen LogP contribution >= 0.6 is 0 Å². The summed E-state index contributed by atoms with van der Waals surface area (Å²) in [6, 6.07) is 10.3. The second-order valence-electron chi connectivity index (χ2n) is 7.19. The fourth-order valence-electron chi connectivity index (χ4n) is 4.18. The van der Waals surface area contributed by atoms with Crippen molar-refractivity contribution in [2.45, 2.75) is 18.9 Å². The van der Waals surface area contributed by atoms with Crippen molar-refractivity contribution in [3.63, 3.8) is 0 Å². The van der Waals surface area contributed by atoms with Crippen LogP contribution in [0.3, 0.4) is 0 Å². The number of piperidine rings is 3. The highest BCUT2D eigenvalue weighted by molar-refractivity contribution is 5.94. The summed E-state index contributed by atoms with van der Waals surface area (Å²) >= 11 is 0. The van der Waals surface area contributed by atoms with Gasteiger partial charge in [-0.2, -0.15) is 0 Å². The number of fused-ring (bicyclic) bond motifs is 3. The van der Waals surface area contributed by atoms with Gasteiger partial charge in [-0.25, -0.2) is 0 Å². The van der Waals surface area contributed by atoms with E-state index in [9.17, 15) is 14.9 Å². The zero-order valence-electron chi connectivity index (χ0n) is 14.7. The lowest BCUT2D eigenvalue weighted by Gasteiger charge is -2.44. The Kier molecular flexibility index (Phi) is 4.24. The maximum absolute atomic E-state index is 12.8. The van der Waals surface area contributed by atoms with Gasteiger partial charge in [0.15, 0.2) is 0 Å². The molecule has 1 aromatic carbocycles. The molecular weight excluding hydrogens is 332 g/mol. The van der Waals surface area contributed by atoms with Gasteiger partial charge in [-0.05, 0) is 44.0 Å². The molecule has 2 bridgehead atoms. The van der Waals surface area contributed by atoms with Gasteiger partial charge in [-0.1, -0.05) is 12.1 Å². The summed E-state index contributed by atoms with van der Waals surface area (Å²) < 4.78 is 1.80. The summed E-state index contributed by atoms with van der Waals surface area (Å²) in [5.41, 5.74) is 2.13. The van der Waals surface area contributed by atoms with Gasteiger partial charge in [-0.15, -0.1) is 0 Å². The van der Waals surface area contributed by atoms with Gasteiger partial charge < -0.3 is 14.8 Å². The first-order valence-electron chi connectivity index (χ1n) is 8.96. The third-order valence-corrected chi connectivity index (χ3v) is 5.68. The van der Waals surface area contributed by atoms with Crippen LogP contribution in [0.2, 0.25) is 0 Å². The van der Waals surface area contributed by atoms with Crippen LogP contribution < -0.4 is 5.32 Å². The molecule has 7 heteroatoms. The number of amides is 1. The van der Waals surface area contributed by atoms with E-state index in [2.05, 4.69) is 10.2 Å². The van der Waals surface area contributed by atoms with Crippen LogP contribution in [0.4, 0.5) is 5.69 Å². The number of nitrogens with one attached hydrogen (secondary N) is 1. The van der Waals surface area contributed by atoms with Crippen molar-refractivity contribution in [3.8, 4) is 11.3 Å². The van der Waals surface area contributed by atoms with Crippen molar-refractivity contribution >= 4 is 11.6 Å². The number of nitro groups is 1. The molecule has 1 atom stereocenters. The summed E-state index contributed by atoms with van der Waals surface area (Å²) in [5, 5.41) is 14.2. The van der Waals surface area contributed by atoms with E-state index in [-0.39, 0.29) is 17.6 Å². The number of hydrogen-bond donors (Lipinski definition) is 1. The normalized spacial score (nSPS) is 24.4. The highest BCUT2D eigenvalue weighted by Crippen LogP contribution is 2.28. The van der Waals surface area contributed by atoms with Gasteiger partial charge in [0.25, 0.3) is 11.6 Å². The van der Waals surface area contributed by atoms with E-state index in [1.165, 1.54) is 12.1 Å². The van der Waals surface area contributed by atoms with Gasteiger partial charge in [0.2, 0.25) is 0 Å². The predicted octanol–water partition coefficient (Wildman–Crippen LogP) is 2.42. The third kappa shape index (κ3) is 2.99. The highest BCUT2D eigenvalue weighted by atomic mass is 16.6. The van der Waals surface area contributed by atoms with Gasteiger partial charge >= 0.3 is 0 Å². The smallest absolute Gasteiger partial charge is 0.270 e. The number of carbonyl (C=O) groups excluding carboxylic acids is 1. The zero-order valence-corrected chi connectivity index (χ0v) is 14.7. The average molecular weight is 354 g/mol. The second-order valence-corrected chi connectivity index (χ2v) is 7.19. The molecule has 0 spiro atoms. The molecule has 4 heterocycles. The van der Waals surface area contributed by atoms with Gasteiger partial charge in [0.1, 0.15) is 5.69 Å². The average Bonchev–Trinajstić information content (AvgIpc) is 3.04. The summed E-state index contributed by atoms with van der Waals surface area (Å²) in [7, 11) is 1.82. The fourth-order valence-corrected chi connectivity index (χ4v) is 4.18. The Hall–Kier alpha value is -2.67. The van der Waals surface area contributed by atoms with Crippen molar-refractivity contribution in [1.29, 1.82) is 0 Å². The second kappa shape index (κ2) is 6.57. The Labute approximate surface area is 151 Å². The van der Waals surface area contributed by atoms with Crippen LogP contribution in [0.15, 0.2) is 36.4 Å². The minimum atomic E-state index is -0.409. The van der Waals surface area contributed by atoms with Gasteiger partial charge in [0, 0.05) is 43.0 Å². The molecule has 1 N–H and O–H groups in total. The highest BCUT2D eigenvalue weighted by Gasteiger charge is 2.35. The van der Waals surface area contributed by atoms with Gasteiger partial charge in [0.05, 0.1) is 4.92 Å². The largest absolute Gasteiger partial charge is 0.346 e. The number of hydrogen-bond acceptors (Lipinski definition) is 4. The van der Waals surface area contributed by atoms with Crippen LogP contribution in [0.5, 0.6) is 0 Å². The predicted molar refractivity (Wildman–Crippen MR) is 97.9 cm³/mol. The minimum absolute atomic E-state index is 0.0435. The van der Waals surface area contributed by atoms with E-state index in [4.69, 9.17) is 0 Å². The fraction of sp³-hybridized carbons (Fsp3) is 0.421. The molecule has 3 saturated heterocycles. The summed E-state index contributed by atoms with van der Waals surface area (Å²) in [6.45, 7) is 3.20. The van der Waals surface area contributed by atoms with Crippen molar-refractivity contribution in [3.05, 3.63) is 52.2 Å². The molecule has 1 amide bonds. The number of benzene rings is 1. The number of nitro benzene ring substituents is 1. The number of nitrogens with zero attached hydrogens (tertiary/aromatic N) is 3. The lowest BCUT2D eigenvalue weighted by molar-refractivity contribution is -0.384. The number of non-ortho nitro benzene ring substituents is 1. The Balaban J connectivity index is 1.54. The lowest BCUT2D eigenvalue weighted by atomic mass is 9.84. The first kappa shape index (κ1) is 16.8. The van der Waals surface area contributed by atoms with E-state index in [1.807, 2.05) is 19.2 Å². The monoisotopic (exact) mass is 354 g/mol. The Morgan fingerprint density at radius 3 is 2.65 bits per heavy atom. The van der Waals surface area contributed by atoms with Crippen molar-refractivity contribution < 1.29 is 9.72 Å². The molecule has 0 radical (unpaired) electrons. The van der Waals surface area contributed by atoms with Crippen LogP contribution in [-0.2, 0) is 7.05 Å². The lowest BCUT2D eigenvalue weighted by Crippen LogP contribution is -2.57. The Bertz CT molecular complexity index is 852. The molecule has 3 aliphatic rings. The maximum atomic E-state index is 12.8. The standard InChI is InChI=1S/C19H22N4O3/c1-21-17(14-3-2-4-15(11-14)23(25)26)5-6-18(21)19(24)20-16-12-22-9-7-13(16)8-10-22/h2-6,11,13,16H,7-10,12H2,1H3,(H,20,24)/t16-/m0/s1. The molecule has 0 aliphatic carbocycles. The van der Waals surface area contributed by atoms with Crippen LogP contribution in [0, 0.1) is 16.0 Å². The first-order chi connectivity index (χ1) is 12.5. The maximum Gasteiger partial charge on any atom is 0.270 e. The molecule has 26 heavy (non-hydrogen) atoms. The van der Waals surface area contributed by atoms with Gasteiger partial charge in [-0.3, -0.25) is 14.9 Å². The molecule has 136 valence electrons. The molecule has 2 aromatic rings. The topological polar surface area (TPSA) is 80.4 Å². The molecule has 3 aliphatic heterocycles. The minimum Gasteiger partial charge on any atom is -0.346 e. The molecule has 1 aromatic heterocycles. The zero-order chi connectivity index (χ0) is 18.3. The SMILES string of the molecule is Cn1c(C(=O)N[C@H]2CN3CCC2CC3)ccc1-c1cccc([N+](=O)[O-])c1. The molecule has 0 unspecified atom stereocenters. The van der Waals surface area contributed by atoms with E-state index in [0.717, 1.165) is 43.7 Å². The Morgan fingerprint density at radius 1 is 1.23 bits per heavy atom. The number of aromatic nitrogens is 1. The molecule has 7 nitrogen and oxygen atoms in total. The van der Waals surface area contributed by atoms with Crippen molar-refractivity contribution in [1.82, 2.24) is 14.8 Å². The summed E-state index contributed by atoms with van der Waals surface area (Å²) in [6.07, 6.45) is 2.30. The third-order valence-electron chi connectivity index (χ3n) is 5.68. The van der Waals surface area contributed by atoms with Crippen molar-refractivity contribution in [2.75, 3.05) is 19.6 Å². The van der Waals surface area contributed by atoms with E-state index in [0.29, 0.717) is 11.6 Å². The molecule has 0 saturated carbocycles. The first-order valence-corrected chi connectivity index (χ1v) is 8.96. The summed E-state index contributed by atoms with van der Waals surface area (Å²) in [4.78, 5) is 25.8. The van der Waals surface area contributed by atoms with Crippen LogP contribution in [-0.4, -0.2) is 46.0 Å². The quantitative estimate of drug-likeness (QED) is 0.675. The molecule has 3 fully saturated rings. The molecule has 5 rings (SSSR count). The van der Waals surface area contributed by atoms with Crippen molar-refractivity contribution in [2.24, 2.45) is 13.0 Å². The number of carbonyl (C=O) groups is 1. The molecular formula is C19H22N4O3. The number of rotatable bonds is 4. The van der Waals surface area contributed by atoms with E-state index in [1.54, 1.807) is 16.7 Å². The van der Waals surface area contributed by atoms with Crippen LogP contribution in [0.25, 0.3) is 11.3 Å².